The molecule has 2 aliphatic heterocycles. The Morgan fingerprint density at radius 1 is 1.50 bits per heavy atom. The van der Waals surface area contributed by atoms with Gasteiger partial charge in [-0.05, 0) is 31.1 Å². The summed E-state index contributed by atoms with van der Waals surface area (Å²) in [6.07, 6.45) is 5.20. The van der Waals surface area contributed by atoms with Gasteiger partial charge in [0.25, 0.3) is 5.91 Å². The molecule has 1 aromatic heterocycles. The van der Waals surface area contributed by atoms with Crippen molar-refractivity contribution in [2.75, 3.05) is 31.1 Å². The van der Waals surface area contributed by atoms with Crippen LogP contribution in [0.15, 0.2) is 18.3 Å². The SMILES string of the molecule is O=C(NCCCN1CCCC1=O)c1ccnc(O[C@@H]2CCSC2)c1. The van der Waals surface area contributed by atoms with E-state index in [0.717, 1.165) is 37.3 Å². The van der Waals surface area contributed by atoms with E-state index in [1.807, 2.05) is 16.7 Å². The highest BCUT2D eigenvalue weighted by atomic mass is 32.2. The van der Waals surface area contributed by atoms with Crippen molar-refractivity contribution in [3.63, 3.8) is 0 Å². The molecule has 3 heterocycles. The summed E-state index contributed by atoms with van der Waals surface area (Å²) in [7, 11) is 0. The fourth-order valence-electron chi connectivity index (χ4n) is 2.91. The highest BCUT2D eigenvalue weighted by Gasteiger charge is 2.20. The van der Waals surface area contributed by atoms with E-state index >= 15 is 0 Å². The van der Waals surface area contributed by atoms with Gasteiger partial charge < -0.3 is 15.0 Å². The maximum absolute atomic E-state index is 12.2. The maximum atomic E-state index is 12.2. The lowest BCUT2D eigenvalue weighted by molar-refractivity contribution is -0.127. The van der Waals surface area contributed by atoms with Crippen LogP contribution in [-0.2, 0) is 4.79 Å². The number of carbonyl (C=O) groups is 2. The molecule has 0 radical (unpaired) electrons. The number of aromatic nitrogens is 1. The van der Waals surface area contributed by atoms with Gasteiger partial charge in [0.2, 0.25) is 11.8 Å². The number of hydrogen-bond donors (Lipinski definition) is 1. The van der Waals surface area contributed by atoms with E-state index in [-0.39, 0.29) is 17.9 Å². The van der Waals surface area contributed by atoms with Gasteiger partial charge in [-0.2, -0.15) is 11.8 Å². The molecule has 0 aliphatic carbocycles. The fourth-order valence-corrected chi connectivity index (χ4v) is 4.00. The van der Waals surface area contributed by atoms with Crippen molar-refractivity contribution in [3.05, 3.63) is 23.9 Å². The maximum Gasteiger partial charge on any atom is 0.251 e. The van der Waals surface area contributed by atoms with E-state index < -0.39 is 0 Å². The molecule has 2 amide bonds. The summed E-state index contributed by atoms with van der Waals surface area (Å²) in [4.78, 5) is 29.8. The number of rotatable bonds is 7. The number of amides is 2. The molecule has 1 aromatic rings. The van der Waals surface area contributed by atoms with Gasteiger partial charge in [0.15, 0.2) is 0 Å². The molecule has 24 heavy (non-hydrogen) atoms. The summed E-state index contributed by atoms with van der Waals surface area (Å²) in [5, 5.41) is 2.89. The summed E-state index contributed by atoms with van der Waals surface area (Å²) >= 11 is 1.88. The van der Waals surface area contributed by atoms with Crippen molar-refractivity contribution in [1.29, 1.82) is 0 Å². The number of likely N-dealkylation sites (tertiary alicyclic amines) is 1. The number of ether oxygens (including phenoxy) is 1. The van der Waals surface area contributed by atoms with Crippen LogP contribution in [-0.4, -0.2) is 58.9 Å². The van der Waals surface area contributed by atoms with Crippen molar-refractivity contribution in [3.8, 4) is 5.88 Å². The predicted octanol–water partition coefficient (Wildman–Crippen LogP) is 1.71. The number of hydrogen-bond acceptors (Lipinski definition) is 5. The zero-order valence-electron chi connectivity index (χ0n) is 13.7. The van der Waals surface area contributed by atoms with Crippen molar-refractivity contribution < 1.29 is 14.3 Å². The standard InChI is InChI=1S/C17H23N3O3S/c21-16-3-1-8-20(16)9-2-6-19-17(22)13-4-7-18-15(11-13)23-14-5-10-24-12-14/h4,7,11,14H,1-3,5-6,8-10,12H2,(H,19,22)/t14-/m1/s1. The van der Waals surface area contributed by atoms with Gasteiger partial charge in [0.1, 0.15) is 6.10 Å². The minimum atomic E-state index is -0.129. The number of carbonyl (C=O) groups excluding carboxylic acids is 2. The van der Waals surface area contributed by atoms with Crippen molar-refractivity contribution in [1.82, 2.24) is 15.2 Å². The smallest absolute Gasteiger partial charge is 0.251 e. The van der Waals surface area contributed by atoms with Gasteiger partial charge in [0.05, 0.1) is 0 Å². The zero-order valence-corrected chi connectivity index (χ0v) is 14.5. The van der Waals surface area contributed by atoms with Crippen LogP contribution in [0.2, 0.25) is 0 Å². The lowest BCUT2D eigenvalue weighted by atomic mass is 10.2. The molecule has 2 fully saturated rings. The summed E-state index contributed by atoms with van der Waals surface area (Å²) in [6, 6.07) is 3.39. The number of nitrogens with zero attached hydrogens (tertiary/aromatic N) is 2. The Morgan fingerprint density at radius 3 is 3.17 bits per heavy atom. The molecule has 0 aromatic carbocycles. The van der Waals surface area contributed by atoms with Crippen LogP contribution >= 0.6 is 11.8 Å². The summed E-state index contributed by atoms with van der Waals surface area (Å²) in [5.41, 5.74) is 0.558. The van der Waals surface area contributed by atoms with E-state index in [9.17, 15) is 9.59 Å². The average Bonchev–Trinajstić information content (AvgIpc) is 3.24. The first-order valence-electron chi connectivity index (χ1n) is 8.49. The topological polar surface area (TPSA) is 71.5 Å². The first-order valence-corrected chi connectivity index (χ1v) is 9.64. The molecule has 0 spiro atoms. The highest BCUT2D eigenvalue weighted by molar-refractivity contribution is 7.99. The molecule has 0 unspecified atom stereocenters. The number of nitrogens with one attached hydrogen (secondary N) is 1. The molecule has 3 rings (SSSR count). The van der Waals surface area contributed by atoms with E-state index in [1.54, 1.807) is 18.3 Å². The second-order valence-corrected chi connectivity index (χ2v) is 7.23. The molecule has 2 aliphatic rings. The average molecular weight is 349 g/mol. The molecular weight excluding hydrogens is 326 g/mol. The number of pyridine rings is 1. The third-order valence-corrected chi connectivity index (χ3v) is 5.37. The molecule has 0 saturated carbocycles. The van der Waals surface area contributed by atoms with E-state index in [4.69, 9.17) is 4.74 Å². The third-order valence-electron chi connectivity index (χ3n) is 4.23. The second kappa shape index (κ2) is 8.37. The first kappa shape index (κ1) is 17.1. The molecule has 6 nitrogen and oxygen atoms in total. The van der Waals surface area contributed by atoms with E-state index in [0.29, 0.717) is 31.0 Å². The monoisotopic (exact) mass is 349 g/mol. The minimum absolute atomic E-state index is 0.129. The summed E-state index contributed by atoms with van der Waals surface area (Å²) in [6.45, 7) is 2.11. The molecule has 7 heteroatoms. The van der Waals surface area contributed by atoms with Crippen molar-refractivity contribution in [2.24, 2.45) is 0 Å². The van der Waals surface area contributed by atoms with Crippen LogP contribution < -0.4 is 10.1 Å². The van der Waals surface area contributed by atoms with Crippen LogP contribution in [0.3, 0.4) is 0 Å². The predicted molar refractivity (Wildman–Crippen MR) is 93.4 cm³/mol. The molecule has 0 bridgehead atoms. The van der Waals surface area contributed by atoms with Gasteiger partial charge >= 0.3 is 0 Å². The normalized spacial score (nSPS) is 20.4. The van der Waals surface area contributed by atoms with Gasteiger partial charge in [0, 0.05) is 49.6 Å². The van der Waals surface area contributed by atoms with Crippen LogP contribution in [0.1, 0.15) is 36.0 Å². The Balaban J connectivity index is 1.43. The molecule has 1 atom stereocenters. The molecule has 1 N–H and O–H groups in total. The highest BCUT2D eigenvalue weighted by Crippen LogP contribution is 2.22. The Kier molecular flexibility index (Phi) is 5.96. The van der Waals surface area contributed by atoms with Gasteiger partial charge in [-0.1, -0.05) is 0 Å². The second-order valence-electron chi connectivity index (χ2n) is 6.08. The van der Waals surface area contributed by atoms with Gasteiger partial charge in [-0.25, -0.2) is 4.98 Å². The Morgan fingerprint density at radius 2 is 2.42 bits per heavy atom. The lowest BCUT2D eigenvalue weighted by Gasteiger charge is -2.15. The molecular formula is C17H23N3O3S. The van der Waals surface area contributed by atoms with Gasteiger partial charge in [-0.3, -0.25) is 9.59 Å². The number of thioether (sulfide) groups is 1. The Bertz CT molecular complexity index is 590. The minimum Gasteiger partial charge on any atom is -0.473 e. The van der Waals surface area contributed by atoms with Crippen LogP contribution in [0.4, 0.5) is 0 Å². The van der Waals surface area contributed by atoms with Crippen LogP contribution in [0.5, 0.6) is 5.88 Å². The first-order chi connectivity index (χ1) is 11.7. The largest absolute Gasteiger partial charge is 0.473 e. The van der Waals surface area contributed by atoms with Crippen molar-refractivity contribution in [2.45, 2.75) is 31.8 Å². The summed E-state index contributed by atoms with van der Waals surface area (Å²) in [5.74, 6) is 2.70. The Labute approximate surface area is 146 Å². The lowest BCUT2D eigenvalue weighted by Crippen LogP contribution is -2.30. The van der Waals surface area contributed by atoms with Crippen LogP contribution in [0, 0.1) is 0 Å². The van der Waals surface area contributed by atoms with Crippen molar-refractivity contribution >= 4 is 23.6 Å². The molecule has 130 valence electrons. The van der Waals surface area contributed by atoms with Crippen LogP contribution in [0.25, 0.3) is 0 Å². The molecule has 2 saturated heterocycles. The Hall–Kier alpha value is -1.76. The zero-order chi connectivity index (χ0) is 16.8. The third kappa shape index (κ3) is 4.63. The quantitative estimate of drug-likeness (QED) is 0.759. The van der Waals surface area contributed by atoms with E-state index in [2.05, 4.69) is 10.3 Å². The van der Waals surface area contributed by atoms with E-state index in [1.165, 1.54) is 0 Å². The summed E-state index contributed by atoms with van der Waals surface area (Å²) < 4.78 is 5.81. The van der Waals surface area contributed by atoms with Gasteiger partial charge in [-0.15, -0.1) is 0 Å². The fraction of sp³-hybridized carbons (Fsp3) is 0.588.